The van der Waals surface area contributed by atoms with E-state index < -0.39 is 0 Å². The molecule has 1 aliphatic carbocycles. The van der Waals surface area contributed by atoms with Crippen molar-refractivity contribution in [2.24, 2.45) is 0 Å². The maximum atomic E-state index is 5.59. The molecular formula is C22H27NO2. The van der Waals surface area contributed by atoms with Crippen molar-refractivity contribution in [2.45, 2.75) is 44.1 Å². The van der Waals surface area contributed by atoms with Gasteiger partial charge in [0.2, 0.25) is 0 Å². The molecule has 3 nitrogen and oxygen atoms in total. The van der Waals surface area contributed by atoms with E-state index in [-0.39, 0.29) is 6.04 Å². The van der Waals surface area contributed by atoms with E-state index in [1.54, 1.807) is 7.11 Å². The number of hydrogen-bond acceptors (Lipinski definition) is 3. The van der Waals surface area contributed by atoms with E-state index in [0.717, 1.165) is 18.0 Å². The number of benzene rings is 2. The van der Waals surface area contributed by atoms with Crippen molar-refractivity contribution in [1.29, 1.82) is 0 Å². The van der Waals surface area contributed by atoms with E-state index in [1.165, 1.54) is 42.4 Å². The number of methoxy groups -OCH3 is 1. The Morgan fingerprint density at radius 2 is 1.76 bits per heavy atom. The van der Waals surface area contributed by atoms with Gasteiger partial charge in [0, 0.05) is 12.0 Å². The first-order valence-electron chi connectivity index (χ1n) is 9.40. The number of nitrogens with one attached hydrogen (secondary N) is 1. The predicted octanol–water partition coefficient (Wildman–Crippen LogP) is 4.60. The van der Waals surface area contributed by atoms with Crippen LogP contribution >= 0.6 is 0 Å². The maximum absolute atomic E-state index is 5.59. The summed E-state index contributed by atoms with van der Waals surface area (Å²) in [6, 6.07) is 15.4. The Morgan fingerprint density at radius 3 is 2.44 bits per heavy atom. The summed E-state index contributed by atoms with van der Waals surface area (Å²) < 4.78 is 11.1. The molecule has 1 aliphatic heterocycles. The minimum absolute atomic E-state index is 0.215. The lowest BCUT2D eigenvalue weighted by Gasteiger charge is -2.41. The smallest absolute Gasteiger partial charge is 0.119 e. The molecule has 1 saturated carbocycles. The van der Waals surface area contributed by atoms with Crippen molar-refractivity contribution in [2.75, 3.05) is 20.3 Å². The Morgan fingerprint density at radius 1 is 1.04 bits per heavy atom. The van der Waals surface area contributed by atoms with Gasteiger partial charge in [0.25, 0.3) is 0 Å². The van der Waals surface area contributed by atoms with Crippen molar-refractivity contribution >= 4 is 0 Å². The molecule has 4 rings (SSSR count). The molecule has 2 aliphatic rings. The van der Waals surface area contributed by atoms with E-state index in [2.05, 4.69) is 47.8 Å². The topological polar surface area (TPSA) is 30.5 Å². The largest absolute Gasteiger partial charge is 0.497 e. The zero-order chi connectivity index (χ0) is 17.3. The van der Waals surface area contributed by atoms with Crippen LogP contribution in [0.4, 0.5) is 0 Å². The molecular weight excluding hydrogens is 310 g/mol. The molecule has 1 heterocycles. The van der Waals surface area contributed by atoms with Gasteiger partial charge in [0.05, 0.1) is 19.8 Å². The van der Waals surface area contributed by atoms with Crippen LogP contribution in [0.2, 0.25) is 0 Å². The third-order valence-corrected chi connectivity index (χ3v) is 5.87. The monoisotopic (exact) mass is 337 g/mol. The lowest BCUT2D eigenvalue weighted by atomic mass is 9.71. The minimum atomic E-state index is 0.215. The Labute approximate surface area is 150 Å². The molecule has 0 aromatic heterocycles. The number of ether oxygens (including phenoxy) is 2. The fourth-order valence-corrected chi connectivity index (χ4v) is 4.61. The molecule has 0 saturated heterocycles. The van der Waals surface area contributed by atoms with Crippen molar-refractivity contribution in [3.8, 4) is 11.5 Å². The fraction of sp³-hybridized carbons (Fsp3) is 0.455. The van der Waals surface area contributed by atoms with Crippen LogP contribution in [-0.2, 0) is 5.41 Å². The number of fused-ring (bicyclic) bond motifs is 2. The van der Waals surface area contributed by atoms with Crippen LogP contribution in [0.3, 0.4) is 0 Å². The van der Waals surface area contributed by atoms with Gasteiger partial charge in [-0.1, -0.05) is 31.0 Å². The van der Waals surface area contributed by atoms with Crippen LogP contribution in [-0.4, -0.2) is 20.3 Å². The van der Waals surface area contributed by atoms with E-state index in [0.29, 0.717) is 12.0 Å². The minimum Gasteiger partial charge on any atom is -0.497 e. The molecule has 132 valence electrons. The summed E-state index contributed by atoms with van der Waals surface area (Å²) in [7, 11) is 1.75. The molecule has 3 heteroatoms. The standard InChI is InChI=1S/C22H27NO2/c1-3-25-17-8-6-16(7-9-17)21-19-14-18(24-2)10-11-20(19)22(15-23-21)12-4-5-13-22/h6-11,14,21,23H,3-5,12-13,15H2,1-2H3/t21-/m0/s1. The molecule has 0 unspecified atom stereocenters. The Bertz CT molecular complexity index is 732. The lowest BCUT2D eigenvalue weighted by Crippen LogP contribution is -2.44. The van der Waals surface area contributed by atoms with Crippen molar-refractivity contribution in [1.82, 2.24) is 5.32 Å². The summed E-state index contributed by atoms with van der Waals surface area (Å²) in [5.41, 5.74) is 4.48. The third kappa shape index (κ3) is 2.91. The molecule has 1 spiro atoms. The summed E-state index contributed by atoms with van der Waals surface area (Å²) in [5, 5.41) is 3.83. The van der Waals surface area contributed by atoms with E-state index in [4.69, 9.17) is 9.47 Å². The highest BCUT2D eigenvalue weighted by Gasteiger charge is 2.42. The van der Waals surface area contributed by atoms with Crippen LogP contribution in [0.15, 0.2) is 42.5 Å². The van der Waals surface area contributed by atoms with Crippen molar-refractivity contribution in [3.63, 3.8) is 0 Å². The average molecular weight is 337 g/mol. The molecule has 0 bridgehead atoms. The van der Waals surface area contributed by atoms with Gasteiger partial charge >= 0.3 is 0 Å². The van der Waals surface area contributed by atoms with Gasteiger partial charge in [-0.25, -0.2) is 0 Å². The molecule has 2 aromatic rings. The number of rotatable bonds is 4. The molecule has 0 amide bonds. The normalized spacial score (nSPS) is 21.1. The molecule has 1 N–H and O–H groups in total. The summed E-state index contributed by atoms with van der Waals surface area (Å²) >= 11 is 0. The molecule has 1 atom stereocenters. The summed E-state index contributed by atoms with van der Waals surface area (Å²) in [5.74, 6) is 1.87. The van der Waals surface area contributed by atoms with Crippen LogP contribution in [0.25, 0.3) is 0 Å². The van der Waals surface area contributed by atoms with Gasteiger partial charge in [0.1, 0.15) is 11.5 Å². The highest BCUT2D eigenvalue weighted by atomic mass is 16.5. The molecule has 1 fully saturated rings. The van der Waals surface area contributed by atoms with Crippen molar-refractivity contribution < 1.29 is 9.47 Å². The van der Waals surface area contributed by atoms with E-state index in [9.17, 15) is 0 Å². The Hall–Kier alpha value is -2.00. The van der Waals surface area contributed by atoms with Crippen LogP contribution in [0.5, 0.6) is 11.5 Å². The molecule has 0 radical (unpaired) electrons. The van der Waals surface area contributed by atoms with Crippen molar-refractivity contribution in [3.05, 3.63) is 59.2 Å². The SMILES string of the molecule is CCOc1ccc([C@@H]2NCC3(CCCC3)c3ccc(OC)cc32)cc1. The second kappa shape index (κ2) is 6.72. The highest BCUT2D eigenvalue weighted by Crippen LogP contribution is 2.47. The second-order valence-corrected chi connectivity index (χ2v) is 7.26. The van der Waals surface area contributed by atoms with Crippen LogP contribution in [0.1, 0.15) is 55.3 Å². The Balaban J connectivity index is 1.74. The highest BCUT2D eigenvalue weighted by molar-refractivity contribution is 5.49. The van der Waals surface area contributed by atoms with Crippen LogP contribution < -0.4 is 14.8 Å². The second-order valence-electron chi connectivity index (χ2n) is 7.26. The van der Waals surface area contributed by atoms with E-state index in [1.807, 2.05) is 6.92 Å². The van der Waals surface area contributed by atoms with E-state index >= 15 is 0 Å². The molecule has 25 heavy (non-hydrogen) atoms. The summed E-state index contributed by atoms with van der Waals surface area (Å²) in [6.07, 6.45) is 5.24. The van der Waals surface area contributed by atoms with Gasteiger partial charge in [-0.05, 0) is 60.7 Å². The molecule has 2 aromatic carbocycles. The first kappa shape index (κ1) is 16.5. The maximum Gasteiger partial charge on any atom is 0.119 e. The fourth-order valence-electron chi connectivity index (χ4n) is 4.61. The zero-order valence-corrected chi connectivity index (χ0v) is 15.2. The first-order valence-corrected chi connectivity index (χ1v) is 9.40. The lowest BCUT2D eigenvalue weighted by molar-refractivity contribution is 0.339. The zero-order valence-electron chi connectivity index (χ0n) is 15.2. The van der Waals surface area contributed by atoms with Gasteiger partial charge in [-0.15, -0.1) is 0 Å². The van der Waals surface area contributed by atoms with Gasteiger partial charge < -0.3 is 14.8 Å². The first-order chi connectivity index (χ1) is 12.3. The van der Waals surface area contributed by atoms with Gasteiger partial charge in [-0.2, -0.15) is 0 Å². The van der Waals surface area contributed by atoms with Gasteiger partial charge in [-0.3, -0.25) is 0 Å². The van der Waals surface area contributed by atoms with Gasteiger partial charge in [0.15, 0.2) is 0 Å². The summed E-state index contributed by atoms with van der Waals surface area (Å²) in [6.45, 7) is 3.77. The number of hydrogen-bond donors (Lipinski definition) is 1. The quantitative estimate of drug-likeness (QED) is 0.884. The third-order valence-electron chi connectivity index (χ3n) is 5.87. The van der Waals surface area contributed by atoms with Crippen LogP contribution in [0, 0.1) is 0 Å². The summed E-state index contributed by atoms with van der Waals surface area (Å²) in [4.78, 5) is 0. The average Bonchev–Trinajstić information content (AvgIpc) is 3.12. The predicted molar refractivity (Wildman–Crippen MR) is 101 cm³/mol. The Kier molecular flexibility index (Phi) is 4.43.